The van der Waals surface area contributed by atoms with Crippen molar-refractivity contribution in [3.8, 4) is 11.5 Å². The Labute approximate surface area is 269 Å². The van der Waals surface area contributed by atoms with Crippen molar-refractivity contribution in [3.63, 3.8) is 0 Å². The summed E-state index contributed by atoms with van der Waals surface area (Å²) in [6.07, 6.45) is 5.66. The Hall–Kier alpha value is -3.11. The lowest BCUT2D eigenvalue weighted by Gasteiger charge is -2.37. The first-order valence-electron chi connectivity index (χ1n) is 15.2. The van der Waals surface area contributed by atoms with Gasteiger partial charge in [-0.05, 0) is 77.9 Å². The topological polar surface area (TPSA) is 71.1 Å². The highest BCUT2D eigenvalue weighted by atomic mass is 28.4. The highest BCUT2D eigenvalue weighted by molar-refractivity contribution is 6.75. The lowest BCUT2D eigenvalue weighted by Crippen LogP contribution is -2.44. The molecule has 0 saturated heterocycles. The highest BCUT2D eigenvalue weighted by Gasteiger charge is 2.40. The Kier molecular flexibility index (Phi) is 14.4. The SMILES string of the molecule is C=CCc1c(CC(=O)OC)cccc1O[Si](C)(C)C(C)(C)C.C=CCc1ccc(CC(=O)OC)cc1O[Si](C)(C)C(C)(C)C. The highest BCUT2D eigenvalue weighted by Crippen LogP contribution is 2.40. The minimum atomic E-state index is -1.93. The molecule has 0 radical (unpaired) electrons. The first-order valence-corrected chi connectivity index (χ1v) is 21.0. The molecular formula is C36H56O6Si2. The van der Waals surface area contributed by atoms with Crippen LogP contribution in [0.3, 0.4) is 0 Å². The molecule has 0 aliphatic heterocycles. The fourth-order valence-corrected chi connectivity index (χ4v) is 5.79. The second-order valence-corrected chi connectivity index (χ2v) is 23.5. The quantitative estimate of drug-likeness (QED) is 0.131. The molecule has 0 aliphatic carbocycles. The van der Waals surface area contributed by atoms with E-state index in [9.17, 15) is 9.59 Å². The number of carbonyl (C=O) groups is 2. The van der Waals surface area contributed by atoms with Gasteiger partial charge in [0.2, 0.25) is 16.6 Å². The molecule has 0 unspecified atom stereocenters. The molecule has 0 atom stereocenters. The Morgan fingerprint density at radius 3 is 1.68 bits per heavy atom. The smallest absolute Gasteiger partial charge is 0.309 e. The zero-order valence-electron chi connectivity index (χ0n) is 29.3. The second kappa shape index (κ2) is 16.3. The van der Waals surface area contributed by atoms with Crippen molar-refractivity contribution < 1.29 is 27.9 Å². The van der Waals surface area contributed by atoms with E-state index in [0.29, 0.717) is 6.42 Å². The summed E-state index contributed by atoms with van der Waals surface area (Å²) in [5.74, 6) is 1.25. The largest absolute Gasteiger partial charge is 0.543 e. The summed E-state index contributed by atoms with van der Waals surface area (Å²) in [6.45, 7) is 29.8. The van der Waals surface area contributed by atoms with Crippen molar-refractivity contribution in [1.29, 1.82) is 0 Å². The molecule has 0 fully saturated rings. The third-order valence-corrected chi connectivity index (χ3v) is 17.2. The van der Waals surface area contributed by atoms with Gasteiger partial charge < -0.3 is 18.3 Å². The van der Waals surface area contributed by atoms with E-state index < -0.39 is 16.6 Å². The summed E-state index contributed by atoms with van der Waals surface area (Å²) in [4.78, 5) is 23.1. The summed E-state index contributed by atoms with van der Waals surface area (Å²) in [6, 6.07) is 11.8. The second-order valence-electron chi connectivity index (χ2n) is 14.1. The molecule has 0 aliphatic rings. The van der Waals surface area contributed by atoms with Crippen LogP contribution in [0.15, 0.2) is 61.7 Å². The van der Waals surface area contributed by atoms with Crippen LogP contribution in [0.1, 0.15) is 63.8 Å². The van der Waals surface area contributed by atoms with Crippen molar-refractivity contribution in [1.82, 2.24) is 0 Å². The fraction of sp³-hybridized carbons (Fsp3) is 0.500. The molecule has 0 aromatic heterocycles. The summed E-state index contributed by atoms with van der Waals surface area (Å²) in [5, 5.41) is 0.244. The van der Waals surface area contributed by atoms with Crippen LogP contribution >= 0.6 is 0 Å². The van der Waals surface area contributed by atoms with Crippen LogP contribution < -0.4 is 8.85 Å². The average Bonchev–Trinajstić information content (AvgIpc) is 2.90. The van der Waals surface area contributed by atoms with E-state index in [4.69, 9.17) is 18.3 Å². The molecule has 2 rings (SSSR count). The first kappa shape index (κ1) is 38.9. The number of carbonyl (C=O) groups excluding carboxylic acids is 2. The molecule has 244 valence electrons. The zero-order chi connectivity index (χ0) is 33.9. The van der Waals surface area contributed by atoms with Gasteiger partial charge in [-0.25, -0.2) is 0 Å². The van der Waals surface area contributed by atoms with E-state index in [1.54, 1.807) is 0 Å². The van der Waals surface area contributed by atoms with Crippen LogP contribution in [0.2, 0.25) is 36.3 Å². The van der Waals surface area contributed by atoms with Crippen molar-refractivity contribution in [3.05, 3.63) is 84.0 Å². The Balaban J connectivity index is 0.000000440. The summed E-state index contributed by atoms with van der Waals surface area (Å²) < 4.78 is 22.4. The number of ether oxygens (including phenoxy) is 2. The fourth-order valence-electron chi connectivity index (χ4n) is 3.70. The number of allylic oxidation sites excluding steroid dienone is 2. The monoisotopic (exact) mass is 640 g/mol. The summed E-state index contributed by atoms with van der Waals surface area (Å²) in [7, 11) is -1.04. The van der Waals surface area contributed by atoms with Crippen LogP contribution in [0, 0.1) is 0 Å². The maximum absolute atomic E-state index is 11.6. The number of esters is 2. The maximum atomic E-state index is 11.6. The van der Waals surface area contributed by atoms with Crippen LogP contribution in [0.25, 0.3) is 0 Å². The number of methoxy groups -OCH3 is 2. The van der Waals surface area contributed by atoms with Gasteiger partial charge in [0.25, 0.3) is 0 Å². The lowest BCUT2D eigenvalue weighted by atomic mass is 10.0. The molecule has 2 aromatic carbocycles. The molecule has 0 N–H and O–H groups in total. The molecule has 0 amide bonds. The molecule has 2 aromatic rings. The van der Waals surface area contributed by atoms with Crippen LogP contribution in [-0.4, -0.2) is 42.8 Å². The van der Waals surface area contributed by atoms with Gasteiger partial charge in [0.15, 0.2) is 0 Å². The number of benzene rings is 2. The number of hydrogen-bond donors (Lipinski definition) is 0. The van der Waals surface area contributed by atoms with Crippen molar-refractivity contribution >= 4 is 28.6 Å². The molecule has 0 saturated carbocycles. The van der Waals surface area contributed by atoms with Crippen molar-refractivity contribution in [2.45, 2.75) is 103 Å². The van der Waals surface area contributed by atoms with Crippen molar-refractivity contribution in [2.75, 3.05) is 14.2 Å². The predicted molar refractivity (Wildman–Crippen MR) is 188 cm³/mol. The van der Waals surface area contributed by atoms with E-state index in [1.807, 2.05) is 48.6 Å². The molecule has 8 heteroatoms. The van der Waals surface area contributed by atoms with E-state index in [1.165, 1.54) is 14.2 Å². The molecule has 44 heavy (non-hydrogen) atoms. The molecule has 0 spiro atoms. The van der Waals surface area contributed by atoms with Gasteiger partial charge in [0.05, 0.1) is 27.1 Å². The van der Waals surface area contributed by atoms with Gasteiger partial charge in [-0.2, -0.15) is 0 Å². The lowest BCUT2D eigenvalue weighted by molar-refractivity contribution is -0.140. The number of hydrogen-bond acceptors (Lipinski definition) is 6. The van der Waals surface area contributed by atoms with Crippen molar-refractivity contribution in [2.24, 2.45) is 0 Å². The standard InChI is InChI=1S/2C18H28O3Si/c1-8-10-15-14(13-17(19)20-5)11-9-12-16(15)21-22(6,7)18(2,3)4;1-8-9-15-11-10-14(13-17(19)20-5)12-16(15)21-22(6,7)18(2,3)4/h8-9,11-12H,1,10,13H2,2-7H3;8,10-12H,1,9,13H2,2-7H3. The minimum Gasteiger partial charge on any atom is -0.543 e. The van der Waals surface area contributed by atoms with E-state index >= 15 is 0 Å². The van der Waals surface area contributed by atoms with Gasteiger partial charge in [-0.15, -0.1) is 13.2 Å². The average molecular weight is 641 g/mol. The van der Waals surface area contributed by atoms with Crippen LogP contribution in [-0.2, 0) is 44.7 Å². The van der Waals surface area contributed by atoms with Crippen LogP contribution in [0.5, 0.6) is 11.5 Å². The van der Waals surface area contributed by atoms with Gasteiger partial charge in [-0.1, -0.05) is 78.0 Å². The first-order chi connectivity index (χ1) is 20.2. The van der Waals surface area contributed by atoms with Gasteiger partial charge in [0, 0.05) is 5.56 Å². The third-order valence-electron chi connectivity index (χ3n) is 8.56. The van der Waals surface area contributed by atoms with E-state index in [-0.39, 0.29) is 34.9 Å². The molecular weight excluding hydrogens is 585 g/mol. The van der Waals surface area contributed by atoms with Gasteiger partial charge >= 0.3 is 11.9 Å². The minimum absolute atomic E-state index is 0.122. The Morgan fingerprint density at radius 1 is 0.705 bits per heavy atom. The molecule has 0 bridgehead atoms. The van der Waals surface area contributed by atoms with Gasteiger partial charge in [-0.3, -0.25) is 9.59 Å². The van der Waals surface area contributed by atoms with E-state index in [2.05, 4.69) is 80.9 Å². The Bertz CT molecular complexity index is 1260. The summed E-state index contributed by atoms with van der Waals surface area (Å²) >= 11 is 0. The Morgan fingerprint density at radius 2 is 1.20 bits per heavy atom. The predicted octanol–water partition coefficient (Wildman–Crippen LogP) is 9.03. The molecule has 0 heterocycles. The van der Waals surface area contributed by atoms with Crippen LogP contribution in [0.4, 0.5) is 0 Å². The van der Waals surface area contributed by atoms with E-state index in [0.717, 1.165) is 40.2 Å². The molecule has 6 nitrogen and oxygen atoms in total. The summed E-state index contributed by atoms with van der Waals surface area (Å²) in [5.41, 5.74) is 4.00. The maximum Gasteiger partial charge on any atom is 0.309 e. The van der Waals surface area contributed by atoms with Gasteiger partial charge in [0.1, 0.15) is 11.5 Å². The number of rotatable bonds is 12. The third kappa shape index (κ3) is 11.4. The normalized spacial score (nSPS) is 11.9. The zero-order valence-corrected chi connectivity index (χ0v) is 31.3.